The molecule has 3 atom stereocenters. The summed E-state index contributed by atoms with van der Waals surface area (Å²) in [5.74, 6) is 2.71. The Morgan fingerprint density at radius 1 is 1.29 bits per heavy atom. The molecule has 1 rings (SSSR count). The second-order valence-electron chi connectivity index (χ2n) is 6.33. The minimum absolute atomic E-state index is 0.615. The first-order chi connectivity index (χ1) is 8.02. The third kappa shape index (κ3) is 5.25. The molecule has 1 aliphatic rings. The van der Waals surface area contributed by atoms with Gasteiger partial charge in [-0.05, 0) is 50.5 Å². The molecule has 0 radical (unpaired) electrons. The van der Waals surface area contributed by atoms with Gasteiger partial charge in [0.2, 0.25) is 0 Å². The van der Waals surface area contributed by atoms with Crippen molar-refractivity contribution in [2.24, 2.45) is 17.8 Å². The molecule has 1 N–H and O–H groups in total. The van der Waals surface area contributed by atoms with Crippen LogP contribution in [0.3, 0.4) is 0 Å². The molecule has 0 spiro atoms. The average molecular weight is 237 g/mol. The van der Waals surface area contributed by atoms with Crippen LogP contribution in [0, 0.1) is 17.8 Å². The summed E-state index contributed by atoms with van der Waals surface area (Å²) in [6, 6.07) is 0.615. The minimum atomic E-state index is 0.615. The van der Waals surface area contributed by atoms with E-state index in [0.29, 0.717) is 6.04 Å². The van der Waals surface area contributed by atoms with Crippen LogP contribution in [0.2, 0.25) is 0 Å². The van der Waals surface area contributed by atoms with Gasteiger partial charge < -0.3 is 5.32 Å². The fourth-order valence-electron chi connectivity index (χ4n) is 3.15. The van der Waals surface area contributed by atoms with Crippen LogP contribution >= 0.6 is 0 Å². The van der Waals surface area contributed by atoms with Gasteiger partial charge in [-0.25, -0.2) is 0 Å². The van der Waals surface area contributed by atoms with Crippen LogP contribution < -0.4 is 5.32 Å². The average Bonchev–Trinajstić information content (AvgIpc) is 2.26. The number of rotatable bonds is 6. The van der Waals surface area contributed by atoms with Gasteiger partial charge in [-0.15, -0.1) is 6.58 Å². The summed E-state index contributed by atoms with van der Waals surface area (Å²) in [6.07, 6.45) is 6.87. The van der Waals surface area contributed by atoms with Gasteiger partial charge in [-0.2, -0.15) is 0 Å². The first-order valence-electron chi connectivity index (χ1n) is 7.40. The Morgan fingerprint density at radius 2 is 2.00 bits per heavy atom. The Kier molecular flexibility index (Phi) is 6.26. The molecule has 1 heteroatoms. The van der Waals surface area contributed by atoms with Gasteiger partial charge in [0.05, 0.1) is 0 Å². The van der Waals surface area contributed by atoms with Crippen molar-refractivity contribution in [2.45, 2.75) is 65.8 Å². The van der Waals surface area contributed by atoms with Crippen LogP contribution in [0.1, 0.15) is 59.8 Å². The highest BCUT2D eigenvalue weighted by atomic mass is 14.9. The summed E-state index contributed by atoms with van der Waals surface area (Å²) in [5, 5.41) is 3.62. The summed E-state index contributed by atoms with van der Waals surface area (Å²) in [7, 11) is 0. The van der Waals surface area contributed by atoms with E-state index in [1.165, 1.54) is 44.2 Å². The lowest BCUT2D eigenvalue weighted by Crippen LogP contribution is -2.36. The predicted octanol–water partition coefficient (Wildman–Crippen LogP) is 4.39. The molecule has 100 valence electrons. The van der Waals surface area contributed by atoms with Gasteiger partial charge in [0, 0.05) is 6.04 Å². The van der Waals surface area contributed by atoms with Crippen LogP contribution in [-0.2, 0) is 0 Å². The molecule has 0 aliphatic heterocycles. The van der Waals surface area contributed by atoms with Crippen LogP contribution in [0.5, 0.6) is 0 Å². The molecule has 0 amide bonds. The van der Waals surface area contributed by atoms with Crippen molar-refractivity contribution in [2.75, 3.05) is 6.54 Å². The number of hydrogen-bond acceptors (Lipinski definition) is 1. The zero-order valence-electron chi connectivity index (χ0n) is 12.3. The summed E-state index contributed by atoms with van der Waals surface area (Å²) >= 11 is 0. The van der Waals surface area contributed by atoms with E-state index in [1.807, 2.05) is 0 Å². The normalized spacial score (nSPS) is 29.6. The fourth-order valence-corrected chi connectivity index (χ4v) is 3.15. The second kappa shape index (κ2) is 7.20. The highest BCUT2D eigenvalue weighted by molar-refractivity contribution is 4.94. The van der Waals surface area contributed by atoms with E-state index in [9.17, 15) is 0 Å². The van der Waals surface area contributed by atoms with Gasteiger partial charge in [0.1, 0.15) is 0 Å². The van der Waals surface area contributed by atoms with E-state index in [-0.39, 0.29) is 0 Å². The highest BCUT2D eigenvalue weighted by Crippen LogP contribution is 2.38. The Morgan fingerprint density at radius 3 is 2.53 bits per heavy atom. The second-order valence-corrected chi connectivity index (χ2v) is 6.33. The topological polar surface area (TPSA) is 12.0 Å². The maximum atomic E-state index is 4.11. The fraction of sp³-hybridized carbons (Fsp3) is 0.875. The van der Waals surface area contributed by atoms with Crippen LogP contribution in [0.25, 0.3) is 0 Å². The highest BCUT2D eigenvalue weighted by Gasteiger charge is 2.29. The van der Waals surface area contributed by atoms with E-state index in [4.69, 9.17) is 0 Å². The molecule has 1 fully saturated rings. The van der Waals surface area contributed by atoms with Crippen molar-refractivity contribution in [3.8, 4) is 0 Å². The molecule has 0 bridgehead atoms. The van der Waals surface area contributed by atoms with Gasteiger partial charge in [0.15, 0.2) is 0 Å². The predicted molar refractivity (Wildman–Crippen MR) is 77.2 cm³/mol. The lowest BCUT2D eigenvalue weighted by atomic mass is 9.71. The molecule has 17 heavy (non-hydrogen) atoms. The largest absolute Gasteiger partial charge is 0.314 e. The van der Waals surface area contributed by atoms with Crippen molar-refractivity contribution in [1.29, 1.82) is 0 Å². The molecule has 1 aliphatic carbocycles. The minimum Gasteiger partial charge on any atom is -0.314 e. The molecule has 3 unspecified atom stereocenters. The third-order valence-corrected chi connectivity index (χ3v) is 4.22. The first-order valence-corrected chi connectivity index (χ1v) is 7.40. The van der Waals surface area contributed by atoms with E-state index in [0.717, 1.165) is 17.8 Å². The van der Waals surface area contributed by atoms with Crippen LogP contribution in [-0.4, -0.2) is 12.6 Å². The van der Waals surface area contributed by atoms with Crippen molar-refractivity contribution < 1.29 is 0 Å². The van der Waals surface area contributed by atoms with Gasteiger partial charge in [-0.1, -0.05) is 39.2 Å². The van der Waals surface area contributed by atoms with Crippen molar-refractivity contribution in [1.82, 2.24) is 5.32 Å². The zero-order chi connectivity index (χ0) is 12.8. The molecule has 0 aromatic carbocycles. The number of nitrogens with one attached hydrogen (secondary N) is 1. The van der Waals surface area contributed by atoms with E-state index in [2.05, 4.69) is 39.6 Å². The number of hydrogen-bond donors (Lipinski definition) is 1. The van der Waals surface area contributed by atoms with Gasteiger partial charge in [0.25, 0.3) is 0 Å². The molecular formula is C16H31N. The molecule has 1 saturated carbocycles. The SMILES string of the molecule is C=C(C)CC1CC(CC)CCC1CNC(C)C. The van der Waals surface area contributed by atoms with Crippen molar-refractivity contribution in [3.63, 3.8) is 0 Å². The molecular weight excluding hydrogens is 206 g/mol. The summed E-state index contributed by atoms with van der Waals surface area (Å²) in [5.41, 5.74) is 1.36. The summed E-state index contributed by atoms with van der Waals surface area (Å²) in [4.78, 5) is 0. The quantitative estimate of drug-likeness (QED) is 0.675. The standard InChI is InChI=1S/C16H31N/c1-6-14-7-8-15(11-17-13(4)5)16(10-14)9-12(2)3/h13-17H,2,6-11H2,1,3-5H3. The first kappa shape index (κ1) is 14.8. The molecule has 1 nitrogen and oxygen atoms in total. The van der Waals surface area contributed by atoms with Crippen LogP contribution in [0.4, 0.5) is 0 Å². The molecule has 0 saturated heterocycles. The van der Waals surface area contributed by atoms with Crippen molar-refractivity contribution >= 4 is 0 Å². The molecule has 0 aromatic heterocycles. The Bertz CT molecular complexity index is 232. The lowest BCUT2D eigenvalue weighted by Gasteiger charge is -2.37. The maximum absolute atomic E-state index is 4.11. The van der Waals surface area contributed by atoms with Crippen LogP contribution in [0.15, 0.2) is 12.2 Å². The third-order valence-electron chi connectivity index (χ3n) is 4.22. The Balaban J connectivity index is 2.50. The maximum Gasteiger partial charge on any atom is 0.00104 e. The van der Waals surface area contributed by atoms with Crippen molar-refractivity contribution in [3.05, 3.63) is 12.2 Å². The summed E-state index contributed by atoms with van der Waals surface area (Å²) in [6.45, 7) is 14.3. The van der Waals surface area contributed by atoms with E-state index in [1.54, 1.807) is 0 Å². The number of allylic oxidation sites excluding steroid dienone is 1. The summed E-state index contributed by atoms with van der Waals surface area (Å²) < 4.78 is 0. The Labute approximate surface area is 108 Å². The van der Waals surface area contributed by atoms with Gasteiger partial charge >= 0.3 is 0 Å². The van der Waals surface area contributed by atoms with E-state index >= 15 is 0 Å². The zero-order valence-corrected chi connectivity index (χ0v) is 12.3. The molecule has 0 heterocycles. The Hall–Kier alpha value is -0.300. The lowest BCUT2D eigenvalue weighted by molar-refractivity contribution is 0.169. The van der Waals surface area contributed by atoms with E-state index < -0.39 is 0 Å². The van der Waals surface area contributed by atoms with Gasteiger partial charge in [-0.3, -0.25) is 0 Å². The monoisotopic (exact) mass is 237 g/mol. The molecule has 0 aromatic rings. The smallest absolute Gasteiger partial charge is 0.00104 e.